The number of nitrogens with zero attached hydrogens (tertiary/aromatic N) is 2. The van der Waals surface area contributed by atoms with Crippen molar-refractivity contribution in [3.05, 3.63) is 45.2 Å². The van der Waals surface area contributed by atoms with Crippen molar-refractivity contribution in [2.24, 2.45) is 0 Å². The Bertz CT molecular complexity index is 1350. The van der Waals surface area contributed by atoms with Crippen molar-refractivity contribution in [2.45, 2.75) is 77.7 Å². The van der Waals surface area contributed by atoms with Crippen LogP contribution in [0, 0.1) is 6.92 Å². The van der Waals surface area contributed by atoms with E-state index in [-0.39, 0.29) is 60.3 Å². The fraction of sp³-hybridized carbons (Fsp3) is 0.581. The van der Waals surface area contributed by atoms with Gasteiger partial charge in [-0.1, -0.05) is 6.07 Å². The number of hydrogen-bond acceptors (Lipinski definition) is 9. The second-order valence-corrected chi connectivity index (χ2v) is 11.5. The third-order valence-electron chi connectivity index (χ3n) is 9.17. The molecule has 6 rings (SSSR count). The third kappa shape index (κ3) is 4.66. The number of carbonyl (C=O) groups excluding carboxylic acids is 3. The number of piperazine rings is 1. The van der Waals surface area contributed by atoms with Crippen LogP contribution < -0.4 is 15.4 Å². The minimum atomic E-state index is -0.526. The summed E-state index contributed by atoms with van der Waals surface area (Å²) < 4.78 is 11.6. The van der Waals surface area contributed by atoms with Gasteiger partial charge in [-0.25, -0.2) is 0 Å². The second-order valence-electron chi connectivity index (χ2n) is 11.5. The first kappa shape index (κ1) is 29.3. The summed E-state index contributed by atoms with van der Waals surface area (Å²) in [6.45, 7) is 10.6. The van der Waals surface area contributed by atoms with Gasteiger partial charge >= 0.3 is 0 Å². The maximum atomic E-state index is 14.0. The van der Waals surface area contributed by atoms with E-state index in [0.29, 0.717) is 48.5 Å². The number of amides is 1. The lowest BCUT2D eigenvalue weighted by molar-refractivity contribution is -0.124. The Hall–Kier alpha value is -3.21. The highest BCUT2D eigenvalue weighted by molar-refractivity contribution is 6.25. The second kappa shape index (κ2) is 11.2. The molecule has 0 aromatic heterocycles. The van der Waals surface area contributed by atoms with Gasteiger partial charge in [0.05, 0.1) is 31.3 Å². The molecule has 1 amide bonds. The predicted molar refractivity (Wildman–Crippen MR) is 154 cm³/mol. The van der Waals surface area contributed by atoms with E-state index < -0.39 is 12.1 Å². The summed E-state index contributed by atoms with van der Waals surface area (Å²) in [4.78, 5) is 45.3. The molecular weight excluding hydrogens is 524 g/mol. The van der Waals surface area contributed by atoms with Crippen LogP contribution in [0.1, 0.15) is 56.8 Å². The zero-order valence-corrected chi connectivity index (χ0v) is 25.1. The lowest BCUT2D eigenvalue weighted by Gasteiger charge is -2.55. The average Bonchev–Trinajstić information content (AvgIpc) is 3.17. The highest BCUT2D eigenvalue weighted by atomic mass is 16.5. The number of fused-ring (bicyclic) bond motifs is 1. The van der Waals surface area contributed by atoms with Crippen LogP contribution in [-0.2, 0) is 25.5 Å². The van der Waals surface area contributed by atoms with Crippen molar-refractivity contribution >= 4 is 17.5 Å². The number of phenolic OH excluding ortho intramolecular Hbond substituents is 1. The van der Waals surface area contributed by atoms with Crippen LogP contribution in [0.3, 0.4) is 0 Å². The highest BCUT2D eigenvalue weighted by Gasteiger charge is 2.55. The smallest absolute Gasteiger partial charge is 0.236 e. The number of carbonyl (C=O) groups is 3. The fourth-order valence-corrected chi connectivity index (χ4v) is 7.30. The van der Waals surface area contributed by atoms with Crippen LogP contribution in [0.15, 0.2) is 28.5 Å². The largest absolute Gasteiger partial charge is 0.504 e. The number of rotatable bonds is 8. The van der Waals surface area contributed by atoms with Gasteiger partial charge in [0.2, 0.25) is 11.7 Å². The molecule has 5 atom stereocenters. The van der Waals surface area contributed by atoms with E-state index in [1.54, 1.807) is 27.8 Å². The SMILES string of the molecule is CCOC1=C(C)C(=O)C2=C(C1=O)C(CNC(=O)C(C)NC)N1C3Cc4cc(C)c(OCC)c(O)c4C(C1C2)N(C)C3. The van der Waals surface area contributed by atoms with Crippen LogP contribution >= 0.6 is 0 Å². The summed E-state index contributed by atoms with van der Waals surface area (Å²) in [5.74, 6) is 0.0914. The monoisotopic (exact) mass is 566 g/mol. The molecule has 0 spiro atoms. The van der Waals surface area contributed by atoms with Gasteiger partial charge in [0.1, 0.15) is 0 Å². The molecule has 222 valence electrons. The van der Waals surface area contributed by atoms with E-state index in [2.05, 4.69) is 26.5 Å². The Kier molecular flexibility index (Phi) is 8.02. The number of hydrogen-bond donors (Lipinski definition) is 3. The zero-order valence-electron chi connectivity index (χ0n) is 25.1. The standard InChI is InChI=1S/C31H42N4O6/c1-8-40-29-15(3)10-18-11-19-14-34(7)25(23(18)27(29)37)21-12-20-24(28(38)30(41-9-2)16(4)26(20)36)22(35(19)21)13-33-31(39)17(5)32-6/h10,17,19,21-22,25,32,37H,8-9,11-14H2,1-7H3,(H,33,39). The van der Waals surface area contributed by atoms with Gasteiger partial charge in [-0.3, -0.25) is 24.2 Å². The topological polar surface area (TPSA) is 120 Å². The summed E-state index contributed by atoms with van der Waals surface area (Å²) in [6, 6.07) is 0.701. The van der Waals surface area contributed by atoms with Gasteiger partial charge in [0, 0.05) is 47.5 Å². The number of ether oxygens (including phenoxy) is 2. The summed E-state index contributed by atoms with van der Waals surface area (Å²) in [6.07, 6.45) is 1.01. The number of Topliss-reactive ketones (excluding diaryl/α,β-unsaturated/α-hetero) is 2. The number of likely N-dealkylation sites (N-methyl/N-ethyl adjacent to an activating group) is 2. The Morgan fingerprint density at radius 1 is 1.15 bits per heavy atom. The highest BCUT2D eigenvalue weighted by Crippen LogP contribution is 2.52. The first-order valence-corrected chi connectivity index (χ1v) is 14.6. The number of benzene rings is 1. The van der Waals surface area contributed by atoms with Crippen LogP contribution in [0.25, 0.3) is 0 Å². The first-order valence-electron chi connectivity index (χ1n) is 14.6. The molecule has 4 heterocycles. The summed E-state index contributed by atoms with van der Waals surface area (Å²) in [5, 5.41) is 17.6. The first-order chi connectivity index (χ1) is 19.5. The van der Waals surface area contributed by atoms with Crippen LogP contribution in [0.4, 0.5) is 0 Å². The Balaban J connectivity index is 1.66. The van der Waals surface area contributed by atoms with E-state index in [1.807, 2.05) is 20.9 Å². The summed E-state index contributed by atoms with van der Waals surface area (Å²) in [5.41, 5.74) is 3.97. The molecule has 0 saturated carbocycles. The van der Waals surface area contributed by atoms with Crippen molar-refractivity contribution in [1.29, 1.82) is 0 Å². The number of phenols is 1. The lowest BCUT2D eigenvalue weighted by atomic mass is 9.74. The molecule has 41 heavy (non-hydrogen) atoms. The van der Waals surface area contributed by atoms with Gasteiger partial charge in [-0.15, -0.1) is 0 Å². The number of allylic oxidation sites excluding steroid dienone is 2. The van der Waals surface area contributed by atoms with E-state index >= 15 is 0 Å². The van der Waals surface area contributed by atoms with Gasteiger partial charge in [-0.2, -0.15) is 0 Å². The molecule has 1 aromatic rings. The third-order valence-corrected chi connectivity index (χ3v) is 9.17. The normalized spacial score (nSPS) is 26.8. The molecule has 10 heteroatoms. The van der Waals surface area contributed by atoms with Crippen LogP contribution in [0.5, 0.6) is 11.5 Å². The summed E-state index contributed by atoms with van der Waals surface area (Å²) in [7, 11) is 3.77. The molecule has 1 aliphatic carbocycles. The van der Waals surface area contributed by atoms with Gasteiger partial charge in [-0.05, 0) is 72.7 Å². The molecule has 3 N–H and O–H groups in total. The predicted octanol–water partition coefficient (Wildman–Crippen LogP) is 1.94. The number of aryl methyl sites for hydroxylation is 1. The Morgan fingerprint density at radius 2 is 1.85 bits per heavy atom. The maximum absolute atomic E-state index is 14.0. The van der Waals surface area contributed by atoms with Gasteiger partial charge in [0.15, 0.2) is 23.0 Å². The number of nitrogens with one attached hydrogen (secondary N) is 2. The minimum Gasteiger partial charge on any atom is -0.504 e. The minimum absolute atomic E-state index is 0.0117. The lowest BCUT2D eigenvalue weighted by Crippen LogP contribution is -2.66. The average molecular weight is 567 g/mol. The molecular formula is C31H42N4O6. The van der Waals surface area contributed by atoms with E-state index in [9.17, 15) is 19.5 Å². The molecule has 2 bridgehead atoms. The molecule has 1 saturated heterocycles. The Labute approximate surface area is 241 Å². The van der Waals surface area contributed by atoms with Crippen LogP contribution in [-0.4, -0.2) is 96.9 Å². The van der Waals surface area contributed by atoms with Crippen molar-refractivity contribution < 1.29 is 29.0 Å². The van der Waals surface area contributed by atoms with Gasteiger partial charge in [0.25, 0.3) is 0 Å². The zero-order chi connectivity index (χ0) is 29.7. The molecule has 5 aliphatic rings. The van der Waals surface area contributed by atoms with E-state index in [0.717, 1.165) is 16.7 Å². The molecule has 5 unspecified atom stereocenters. The fourth-order valence-electron chi connectivity index (χ4n) is 7.30. The van der Waals surface area contributed by atoms with E-state index in [1.165, 1.54) is 0 Å². The van der Waals surface area contributed by atoms with E-state index in [4.69, 9.17) is 9.47 Å². The van der Waals surface area contributed by atoms with Crippen molar-refractivity contribution in [3.8, 4) is 11.5 Å². The summed E-state index contributed by atoms with van der Waals surface area (Å²) >= 11 is 0. The van der Waals surface area contributed by atoms with Gasteiger partial charge < -0.3 is 25.2 Å². The van der Waals surface area contributed by atoms with Crippen LogP contribution in [0.2, 0.25) is 0 Å². The Morgan fingerprint density at radius 3 is 2.51 bits per heavy atom. The number of aromatic hydroxyl groups is 1. The van der Waals surface area contributed by atoms with Crippen molar-refractivity contribution in [1.82, 2.24) is 20.4 Å². The van der Waals surface area contributed by atoms with Crippen molar-refractivity contribution in [2.75, 3.05) is 40.4 Å². The molecule has 4 aliphatic heterocycles. The molecule has 0 radical (unpaired) electrons. The number of ketones is 2. The quantitative estimate of drug-likeness (QED) is 0.406. The molecule has 10 nitrogen and oxygen atoms in total. The molecule has 1 aromatic carbocycles. The van der Waals surface area contributed by atoms with Crippen molar-refractivity contribution in [3.63, 3.8) is 0 Å². The maximum Gasteiger partial charge on any atom is 0.236 e. The molecule has 1 fully saturated rings.